The molecular weight excluding hydrogens is 218 g/mol. The fraction of sp³-hybridized carbons (Fsp3) is 0.846. The van der Waals surface area contributed by atoms with E-state index in [1.165, 1.54) is 19.3 Å². The zero-order valence-corrected chi connectivity index (χ0v) is 10.0. The molecule has 1 aliphatic heterocycles. The Morgan fingerprint density at radius 1 is 1.24 bits per heavy atom. The topological polar surface area (TPSA) is 57.6 Å². The Balaban J connectivity index is 1.82. The van der Waals surface area contributed by atoms with Crippen LogP contribution < -0.4 is 0 Å². The van der Waals surface area contributed by atoms with Crippen molar-refractivity contribution in [3.05, 3.63) is 0 Å². The Hall–Kier alpha value is -1.06. The van der Waals surface area contributed by atoms with Crippen LogP contribution in [0.5, 0.6) is 0 Å². The summed E-state index contributed by atoms with van der Waals surface area (Å²) in [5, 5.41) is 9.11. The maximum Gasteiger partial charge on any atom is 0.316 e. The molecule has 1 unspecified atom stereocenters. The summed E-state index contributed by atoms with van der Waals surface area (Å²) in [7, 11) is 0. The second-order valence-corrected chi connectivity index (χ2v) is 5.82. The minimum atomic E-state index is -0.931. The van der Waals surface area contributed by atoms with Crippen LogP contribution in [0, 0.1) is 5.92 Å². The number of aliphatic carboxylic acids is 1. The first-order valence-corrected chi connectivity index (χ1v) is 6.70. The molecule has 1 saturated heterocycles. The molecule has 3 fully saturated rings. The van der Waals surface area contributed by atoms with Gasteiger partial charge < -0.3 is 10.0 Å². The zero-order chi connectivity index (χ0) is 12.0. The summed E-state index contributed by atoms with van der Waals surface area (Å²) < 4.78 is 0. The average Bonchev–Trinajstić information content (AvgIpc) is 3.01. The van der Waals surface area contributed by atoms with Crippen molar-refractivity contribution < 1.29 is 14.7 Å². The summed E-state index contributed by atoms with van der Waals surface area (Å²) in [5.41, 5.74) is -0.0534. The van der Waals surface area contributed by atoms with E-state index in [0.717, 1.165) is 25.7 Å². The van der Waals surface area contributed by atoms with Crippen molar-refractivity contribution in [3.8, 4) is 0 Å². The molecule has 1 N–H and O–H groups in total. The van der Waals surface area contributed by atoms with Crippen LogP contribution in [0.15, 0.2) is 0 Å². The van der Waals surface area contributed by atoms with E-state index in [-0.39, 0.29) is 11.4 Å². The first kappa shape index (κ1) is 11.1. The second-order valence-electron chi connectivity index (χ2n) is 5.82. The fourth-order valence-corrected chi connectivity index (χ4v) is 3.66. The number of hydrogen-bond acceptors (Lipinski definition) is 2. The molecule has 4 nitrogen and oxygen atoms in total. The number of carboxylic acid groups (broad SMARTS) is 1. The summed E-state index contributed by atoms with van der Waals surface area (Å²) in [5.74, 6) is -1.80. The lowest BCUT2D eigenvalue weighted by Crippen LogP contribution is -2.45. The van der Waals surface area contributed by atoms with E-state index in [1.54, 1.807) is 0 Å². The number of rotatable bonds is 2. The number of carbonyl (C=O) groups excluding carboxylic acids is 1. The quantitative estimate of drug-likeness (QED) is 0.745. The highest BCUT2D eigenvalue weighted by molar-refractivity contribution is 5.99. The van der Waals surface area contributed by atoms with Gasteiger partial charge in [0, 0.05) is 11.6 Å². The average molecular weight is 237 g/mol. The summed E-state index contributed by atoms with van der Waals surface area (Å²) in [6.45, 7) is 0. The van der Waals surface area contributed by atoms with Gasteiger partial charge in [0.2, 0.25) is 5.91 Å². The molecule has 1 heterocycles. The molecule has 2 aliphatic carbocycles. The SMILES string of the molecule is O=C(O)C1CC2(CC2)N(C2CCCCC2)C1=O. The normalized spacial score (nSPS) is 32.1. The van der Waals surface area contributed by atoms with E-state index in [4.69, 9.17) is 5.11 Å². The molecule has 3 aliphatic rings. The predicted octanol–water partition coefficient (Wildman–Crippen LogP) is 1.78. The number of hydrogen-bond donors (Lipinski definition) is 1. The van der Waals surface area contributed by atoms with Crippen molar-refractivity contribution in [2.75, 3.05) is 0 Å². The van der Waals surface area contributed by atoms with Crippen LogP contribution in [-0.4, -0.2) is 33.5 Å². The molecule has 0 aromatic carbocycles. The Kier molecular flexibility index (Phi) is 2.42. The first-order valence-electron chi connectivity index (χ1n) is 6.70. The van der Waals surface area contributed by atoms with Crippen molar-refractivity contribution in [1.29, 1.82) is 0 Å². The van der Waals surface area contributed by atoms with Gasteiger partial charge in [-0.25, -0.2) is 0 Å². The van der Waals surface area contributed by atoms with E-state index in [9.17, 15) is 9.59 Å². The van der Waals surface area contributed by atoms with Crippen molar-refractivity contribution in [3.63, 3.8) is 0 Å². The van der Waals surface area contributed by atoms with Gasteiger partial charge in [0.05, 0.1) is 0 Å². The van der Waals surface area contributed by atoms with Gasteiger partial charge in [0.15, 0.2) is 0 Å². The lowest BCUT2D eigenvalue weighted by atomic mass is 9.93. The Morgan fingerprint density at radius 2 is 1.88 bits per heavy atom. The fourth-order valence-electron chi connectivity index (χ4n) is 3.66. The summed E-state index contributed by atoms with van der Waals surface area (Å²) in [4.78, 5) is 25.3. The van der Waals surface area contributed by atoms with Crippen LogP contribution in [0.25, 0.3) is 0 Å². The van der Waals surface area contributed by atoms with E-state index >= 15 is 0 Å². The monoisotopic (exact) mass is 237 g/mol. The van der Waals surface area contributed by atoms with E-state index in [0.29, 0.717) is 12.5 Å². The third kappa shape index (κ3) is 1.65. The molecule has 1 spiro atoms. The van der Waals surface area contributed by atoms with Crippen molar-refractivity contribution in [1.82, 2.24) is 4.90 Å². The van der Waals surface area contributed by atoms with Crippen LogP contribution >= 0.6 is 0 Å². The van der Waals surface area contributed by atoms with Gasteiger partial charge in [-0.05, 0) is 32.1 Å². The largest absolute Gasteiger partial charge is 0.481 e. The molecule has 0 bridgehead atoms. The maximum absolute atomic E-state index is 12.2. The summed E-state index contributed by atoms with van der Waals surface area (Å²) in [6, 6.07) is 0.322. The van der Waals surface area contributed by atoms with Gasteiger partial charge in [-0.1, -0.05) is 19.3 Å². The Morgan fingerprint density at radius 3 is 2.41 bits per heavy atom. The number of likely N-dealkylation sites (tertiary alicyclic amines) is 1. The third-order valence-corrected chi connectivity index (χ3v) is 4.70. The molecule has 2 saturated carbocycles. The number of amides is 1. The number of nitrogens with zero attached hydrogens (tertiary/aromatic N) is 1. The van der Waals surface area contributed by atoms with Crippen LogP contribution in [0.3, 0.4) is 0 Å². The molecular formula is C13H19NO3. The van der Waals surface area contributed by atoms with Gasteiger partial charge in [-0.3, -0.25) is 9.59 Å². The first-order chi connectivity index (χ1) is 8.14. The van der Waals surface area contributed by atoms with Crippen molar-refractivity contribution in [2.45, 2.75) is 62.9 Å². The lowest BCUT2D eigenvalue weighted by Gasteiger charge is -2.36. The molecule has 17 heavy (non-hydrogen) atoms. The highest BCUT2D eigenvalue weighted by Crippen LogP contribution is 2.54. The molecule has 94 valence electrons. The van der Waals surface area contributed by atoms with Crippen LogP contribution in [0.1, 0.15) is 51.4 Å². The standard InChI is InChI=1S/C13H19NO3/c15-11-10(12(16)17)8-13(6-7-13)14(11)9-4-2-1-3-5-9/h9-10H,1-8H2,(H,16,17). The number of carboxylic acids is 1. The lowest BCUT2D eigenvalue weighted by molar-refractivity contribution is -0.148. The van der Waals surface area contributed by atoms with Crippen molar-refractivity contribution >= 4 is 11.9 Å². The molecule has 1 atom stereocenters. The highest BCUT2D eigenvalue weighted by Gasteiger charge is 2.61. The minimum absolute atomic E-state index is 0.0534. The Bertz CT molecular complexity index is 356. The molecule has 1 amide bonds. The van der Waals surface area contributed by atoms with Crippen LogP contribution in [-0.2, 0) is 9.59 Å². The number of carbonyl (C=O) groups is 2. The molecule has 3 rings (SSSR count). The maximum atomic E-state index is 12.2. The molecule has 0 radical (unpaired) electrons. The zero-order valence-electron chi connectivity index (χ0n) is 10.0. The molecule has 4 heteroatoms. The molecule has 0 aromatic heterocycles. The smallest absolute Gasteiger partial charge is 0.316 e. The van der Waals surface area contributed by atoms with E-state index in [2.05, 4.69) is 0 Å². The molecule has 0 aromatic rings. The highest BCUT2D eigenvalue weighted by atomic mass is 16.4. The van der Waals surface area contributed by atoms with Crippen molar-refractivity contribution in [2.24, 2.45) is 5.92 Å². The van der Waals surface area contributed by atoms with Crippen LogP contribution in [0.4, 0.5) is 0 Å². The summed E-state index contributed by atoms with van der Waals surface area (Å²) >= 11 is 0. The van der Waals surface area contributed by atoms with Gasteiger partial charge in [0.1, 0.15) is 5.92 Å². The van der Waals surface area contributed by atoms with Gasteiger partial charge >= 0.3 is 5.97 Å². The minimum Gasteiger partial charge on any atom is -0.481 e. The predicted molar refractivity (Wildman–Crippen MR) is 61.4 cm³/mol. The van der Waals surface area contributed by atoms with E-state index in [1.807, 2.05) is 4.90 Å². The Labute approximate surface area is 101 Å². The second kappa shape index (κ2) is 3.72. The van der Waals surface area contributed by atoms with Gasteiger partial charge in [-0.2, -0.15) is 0 Å². The summed E-state index contributed by atoms with van der Waals surface area (Å²) in [6.07, 6.45) is 8.34. The van der Waals surface area contributed by atoms with Gasteiger partial charge in [0.25, 0.3) is 0 Å². The van der Waals surface area contributed by atoms with Crippen LogP contribution in [0.2, 0.25) is 0 Å². The van der Waals surface area contributed by atoms with Gasteiger partial charge in [-0.15, -0.1) is 0 Å². The van der Waals surface area contributed by atoms with E-state index < -0.39 is 11.9 Å². The third-order valence-electron chi connectivity index (χ3n) is 4.70.